The van der Waals surface area contributed by atoms with E-state index in [2.05, 4.69) is 25.1 Å². The molecule has 0 unspecified atom stereocenters. The van der Waals surface area contributed by atoms with E-state index in [4.69, 9.17) is 21.1 Å². The van der Waals surface area contributed by atoms with Gasteiger partial charge < -0.3 is 14.8 Å². The summed E-state index contributed by atoms with van der Waals surface area (Å²) in [6.07, 6.45) is 7.37. The summed E-state index contributed by atoms with van der Waals surface area (Å²) in [5.41, 5.74) is 2.43. The van der Waals surface area contributed by atoms with E-state index in [9.17, 15) is 13.2 Å². The number of rotatable bonds is 8. The predicted octanol–water partition coefficient (Wildman–Crippen LogP) is 3.30. The molecule has 4 aromatic rings. The fourth-order valence-electron chi connectivity index (χ4n) is 4.21. The first-order valence-electron chi connectivity index (χ1n) is 11.9. The predicted molar refractivity (Wildman–Crippen MR) is 142 cm³/mol. The molecule has 2 atom stereocenters. The minimum absolute atomic E-state index is 0.244. The zero-order valence-corrected chi connectivity index (χ0v) is 22.3. The summed E-state index contributed by atoms with van der Waals surface area (Å²) >= 11 is 7.38. The first-order chi connectivity index (χ1) is 18.4. The van der Waals surface area contributed by atoms with Crippen LogP contribution in [0.4, 0.5) is 5.69 Å². The number of carbonyl (C=O) groups excluding carboxylic acids is 1. The Morgan fingerprint density at radius 1 is 1.18 bits per heavy atom. The third-order valence-electron chi connectivity index (χ3n) is 6.27. The Kier molecular flexibility index (Phi) is 6.78. The van der Waals surface area contributed by atoms with Crippen LogP contribution < -0.4 is 10.0 Å². The third kappa shape index (κ3) is 5.24. The third-order valence-corrected chi connectivity index (χ3v) is 9.41. The number of anilines is 1. The van der Waals surface area contributed by atoms with Crippen LogP contribution >= 0.6 is 22.9 Å². The summed E-state index contributed by atoms with van der Waals surface area (Å²) in [6, 6.07) is 6.04. The van der Waals surface area contributed by atoms with Gasteiger partial charge in [-0.3, -0.25) is 14.5 Å². The molecule has 0 aromatic carbocycles. The number of thiazole rings is 1. The van der Waals surface area contributed by atoms with Crippen LogP contribution in [0.3, 0.4) is 0 Å². The van der Waals surface area contributed by atoms with E-state index in [0.29, 0.717) is 42.5 Å². The van der Waals surface area contributed by atoms with E-state index in [-0.39, 0.29) is 16.9 Å². The van der Waals surface area contributed by atoms with Gasteiger partial charge in [0.05, 0.1) is 53.0 Å². The van der Waals surface area contributed by atoms with E-state index in [1.54, 1.807) is 47.4 Å². The largest absolute Gasteiger partial charge is 0.376 e. The minimum Gasteiger partial charge on any atom is -0.376 e. The number of hydrogen-bond donors (Lipinski definition) is 2. The molecule has 11 nitrogen and oxygen atoms in total. The number of nitrogens with zero attached hydrogens (tertiary/aromatic N) is 4. The second-order valence-corrected chi connectivity index (χ2v) is 12.4. The lowest BCUT2D eigenvalue weighted by Crippen LogP contribution is -2.43. The number of carbonyl (C=O) groups is 1. The molecule has 0 bridgehead atoms. The average Bonchev–Trinajstić information content (AvgIpc) is 3.54. The highest BCUT2D eigenvalue weighted by atomic mass is 35.5. The molecule has 2 N–H and O–H groups in total. The molecule has 2 aliphatic rings. The van der Waals surface area contributed by atoms with E-state index in [1.165, 1.54) is 17.5 Å². The molecular formula is C24H23ClN6O5S2. The Morgan fingerprint density at radius 2 is 2.05 bits per heavy atom. The van der Waals surface area contributed by atoms with Crippen molar-refractivity contribution in [2.24, 2.45) is 0 Å². The summed E-state index contributed by atoms with van der Waals surface area (Å²) in [5, 5.41) is 7.76. The second kappa shape index (κ2) is 10.2. The maximum Gasteiger partial charge on any atom is 0.280 e. The Bertz CT molecular complexity index is 1600. The number of sulfonamides is 1. The number of amides is 1. The van der Waals surface area contributed by atoms with Crippen molar-refractivity contribution < 1.29 is 22.7 Å². The van der Waals surface area contributed by atoms with Gasteiger partial charge in [0.2, 0.25) is 10.0 Å². The number of nitrogens with one attached hydrogen (secondary N) is 2. The lowest BCUT2D eigenvalue weighted by atomic mass is 10.1. The first kappa shape index (κ1) is 25.2. The fraction of sp³-hybridized carbons (Fsp3) is 0.333. The van der Waals surface area contributed by atoms with Crippen molar-refractivity contribution in [3.05, 3.63) is 64.8 Å². The highest BCUT2D eigenvalue weighted by molar-refractivity contribution is 7.93. The van der Waals surface area contributed by atoms with Crippen molar-refractivity contribution in [1.82, 2.24) is 24.9 Å². The van der Waals surface area contributed by atoms with Crippen molar-refractivity contribution in [3.8, 4) is 10.4 Å². The minimum atomic E-state index is -3.46. The standard InChI is InChI=1S/C24H23ClN6O5S2/c25-14-4-6-31-19(9-14)17(11-28-31)21-12-27-24(37-21)23(32)29-22(20-13-35-7-8-36-20)18-10-15(3-5-26-18)30-38(33,34)16-1-2-16/h3-6,9-12,16,20,22H,1-2,7-8,13H2,(H,26,30)(H,29,32)/t20-,22-/m1/s1. The molecule has 1 saturated carbocycles. The molecule has 0 spiro atoms. The monoisotopic (exact) mass is 574 g/mol. The van der Waals surface area contributed by atoms with Crippen LogP contribution in [0.15, 0.2) is 49.1 Å². The van der Waals surface area contributed by atoms with Gasteiger partial charge in [0.25, 0.3) is 5.91 Å². The topological polar surface area (TPSA) is 137 Å². The van der Waals surface area contributed by atoms with Crippen LogP contribution in [0.25, 0.3) is 16.0 Å². The molecule has 14 heteroatoms. The number of hydrogen-bond acceptors (Lipinski definition) is 9. The Labute approximate surface area is 227 Å². The quantitative estimate of drug-likeness (QED) is 0.327. The zero-order valence-electron chi connectivity index (χ0n) is 19.9. The van der Waals surface area contributed by atoms with E-state index < -0.39 is 28.1 Å². The number of ether oxygens (including phenoxy) is 2. The molecule has 1 aliphatic heterocycles. The Hall–Kier alpha value is -3.10. The van der Waals surface area contributed by atoms with Crippen LogP contribution in [-0.4, -0.2) is 65.1 Å². The molecule has 5 heterocycles. The van der Waals surface area contributed by atoms with Gasteiger partial charge >= 0.3 is 0 Å². The van der Waals surface area contributed by atoms with Crippen molar-refractivity contribution in [2.75, 3.05) is 24.5 Å². The van der Waals surface area contributed by atoms with Crippen LogP contribution in [0, 0.1) is 0 Å². The van der Waals surface area contributed by atoms with Crippen molar-refractivity contribution in [3.63, 3.8) is 0 Å². The average molecular weight is 575 g/mol. The SMILES string of the molecule is O=C(N[C@H](c1cc(NS(=O)(=O)C2CC2)ccn1)[C@H]1COCCO1)c1ncc(-c2cnn3ccc(Cl)cc23)s1. The highest BCUT2D eigenvalue weighted by Crippen LogP contribution is 2.32. The van der Waals surface area contributed by atoms with Crippen LogP contribution in [-0.2, 0) is 19.5 Å². The van der Waals surface area contributed by atoms with Crippen molar-refractivity contribution in [2.45, 2.75) is 30.2 Å². The maximum atomic E-state index is 13.3. The molecule has 1 aliphatic carbocycles. The highest BCUT2D eigenvalue weighted by Gasteiger charge is 2.36. The Balaban J connectivity index is 1.26. The van der Waals surface area contributed by atoms with Crippen molar-refractivity contribution >= 4 is 50.1 Å². The normalized spacial score (nSPS) is 18.8. The van der Waals surface area contributed by atoms with E-state index in [0.717, 1.165) is 16.0 Å². The molecule has 1 saturated heterocycles. The van der Waals surface area contributed by atoms with Gasteiger partial charge in [-0.25, -0.2) is 17.9 Å². The molecule has 1 amide bonds. The molecular weight excluding hydrogens is 552 g/mol. The Morgan fingerprint density at radius 3 is 2.84 bits per heavy atom. The molecule has 38 heavy (non-hydrogen) atoms. The second-order valence-electron chi connectivity index (χ2n) is 9.01. The van der Waals surface area contributed by atoms with E-state index in [1.807, 2.05) is 0 Å². The zero-order chi connectivity index (χ0) is 26.3. The number of fused-ring (bicyclic) bond motifs is 1. The smallest absolute Gasteiger partial charge is 0.280 e. The lowest BCUT2D eigenvalue weighted by molar-refractivity contribution is -0.101. The van der Waals surface area contributed by atoms with Gasteiger partial charge in [-0.05, 0) is 37.1 Å². The first-order valence-corrected chi connectivity index (χ1v) is 14.7. The lowest BCUT2D eigenvalue weighted by Gasteiger charge is -2.30. The summed E-state index contributed by atoms with van der Waals surface area (Å²) in [5.74, 6) is -0.416. The van der Waals surface area contributed by atoms with Gasteiger partial charge in [-0.1, -0.05) is 11.6 Å². The fourth-order valence-corrected chi connectivity index (χ4v) is 6.59. The van der Waals surface area contributed by atoms with Crippen LogP contribution in [0.5, 0.6) is 0 Å². The van der Waals surface area contributed by atoms with Gasteiger partial charge in [-0.15, -0.1) is 11.3 Å². The van der Waals surface area contributed by atoms with Gasteiger partial charge in [0.1, 0.15) is 12.1 Å². The van der Waals surface area contributed by atoms with E-state index >= 15 is 0 Å². The van der Waals surface area contributed by atoms with Crippen LogP contribution in [0.1, 0.15) is 34.4 Å². The summed E-state index contributed by atoms with van der Waals surface area (Å²) < 4.78 is 40.7. The number of pyridine rings is 2. The number of aromatic nitrogens is 4. The van der Waals surface area contributed by atoms with Gasteiger partial charge in [0, 0.05) is 29.2 Å². The van der Waals surface area contributed by atoms with Gasteiger partial charge in [0.15, 0.2) is 5.01 Å². The van der Waals surface area contributed by atoms with Crippen molar-refractivity contribution in [1.29, 1.82) is 0 Å². The number of halogens is 1. The van der Waals surface area contributed by atoms with Crippen LogP contribution in [0.2, 0.25) is 5.02 Å². The molecule has 6 rings (SSSR count). The summed E-state index contributed by atoms with van der Waals surface area (Å²) in [7, 11) is -3.46. The molecule has 2 fully saturated rings. The van der Waals surface area contributed by atoms with Gasteiger partial charge in [-0.2, -0.15) is 5.10 Å². The maximum absolute atomic E-state index is 13.3. The molecule has 4 aromatic heterocycles. The molecule has 198 valence electrons. The summed E-state index contributed by atoms with van der Waals surface area (Å²) in [6.45, 7) is 1.06. The summed E-state index contributed by atoms with van der Waals surface area (Å²) in [4.78, 5) is 22.9. The molecule has 0 radical (unpaired) electrons.